The van der Waals surface area contributed by atoms with Gasteiger partial charge in [-0.05, 0) is 36.8 Å². The van der Waals surface area contributed by atoms with Crippen molar-refractivity contribution < 1.29 is 0 Å². The summed E-state index contributed by atoms with van der Waals surface area (Å²) >= 11 is 0. The maximum atomic E-state index is 5.84. The molecule has 2 heterocycles. The standard InChI is InChI=1S/C15H19N5/c1-12-9-15(18-17-11-12)20-7-5-19(6-8-20)14-4-2-3-13(16)10-14/h2-4,9-11H,5-8,16H2,1H3. The minimum atomic E-state index is 0.814. The Balaban J connectivity index is 1.68. The molecule has 0 amide bonds. The quantitative estimate of drug-likeness (QED) is 0.841. The van der Waals surface area contributed by atoms with Gasteiger partial charge in [0.1, 0.15) is 0 Å². The molecule has 1 aliphatic rings. The number of piperazine rings is 1. The highest BCUT2D eigenvalue weighted by molar-refractivity contribution is 5.57. The summed E-state index contributed by atoms with van der Waals surface area (Å²) in [5.41, 5.74) is 9.00. The molecule has 2 aromatic rings. The predicted octanol–water partition coefficient (Wildman–Crippen LogP) is 1.69. The van der Waals surface area contributed by atoms with Crippen LogP contribution in [0.2, 0.25) is 0 Å². The van der Waals surface area contributed by atoms with Crippen LogP contribution < -0.4 is 15.5 Å². The number of rotatable bonds is 2. The van der Waals surface area contributed by atoms with Gasteiger partial charge in [-0.25, -0.2) is 0 Å². The maximum absolute atomic E-state index is 5.84. The van der Waals surface area contributed by atoms with Gasteiger partial charge in [-0.2, -0.15) is 5.10 Å². The number of aryl methyl sites for hydroxylation is 1. The highest BCUT2D eigenvalue weighted by atomic mass is 15.3. The number of anilines is 3. The van der Waals surface area contributed by atoms with Crippen molar-refractivity contribution >= 4 is 17.2 Å². The van der Waals surface area contributed by atoms with Gasteiger partial charge in [-0.1, -0.05) is 6.07 Å². The molecule has 1 saturated heterocycles. The summed E-state index contributed by atoms with van der Waals surface area (Å²) in [7, 11) is 0. The van der Waals surface area contributed by atoms with Gasteiger partial charge in [-0.15, -0.1) is 5.10 Å². The van der Waals surface area contributed by atoms with E-state index in [2.05, 4.69) is 32.1 Å². The number of benzene rings is 1. The van der Waals surface area contributed by atoms with Crippen LogP contribution in [-0.4, -0.2) is 36.4 Å². The first-order chi connectivity index (χ1) is 9.72. The van der Waals surface area contributed by atoms with Crippen molar-refractivity contribution in [2.45, 2.75) is 6.92 Å². The lowest BCUT2D eigenvalue weighted by molar-refractivity contribution is 0.643. The van der Waals surface area contributed by atoms with Crippen molar-refractivity contribution in [1.82, 2.24) is 10.2 Å². The Labute approximate surface area is 119 Å². The fourth-order valence-electron chi connectivity index (χ4n) is 2.52. The molecule has 1 aromatic carbocycles. The lowest BCUT2D eigenvalue weighted by Gasteiger charge is -2.36. The number of hydrogen-bond donors (Lipinski definition) is 1. The normalized spacial score (nSPS) is 15.4. The SMILES string of the molecule is Cc1cnnc(N2CCN(c3cccc(N)c3)CC2)c1. The van der Waals surface area contributed by atoms with Gasteiger partial charge in [0.05, 0.1) is 6.20 Å². The third kappa shape index (κ3) is 2.66. The fourth-order valence-corrected chi connectivity index (χ4v) is 2.52. The van der Waals surface area contributed by atoms with E-state index in [9.17, 15) is 0 Å². The van der Waals surface area contributed by atoms with E-state index in [1.807, 2.05) is 25.1 Å². The van der Waals surface area contributed by atoms with Crippen LogP contribution in [0.3, 0.4) is 0 Å². The molecule has 0 atom stereocenters. The zero-order valence-corrected chi connectivity index (χ0v) is 11.7. The van der Waals surface area contributed by atoms with Crippen LogP contribution >= 0.6 is 0 Å². The zero-order valence-electron chi connectivity index (χ0n) is 11.7. The van der Waals surface area contributed by atoms with Gasteiger partial charge in [0.25, 0.3) is 0 Å². The van der Waals surface area contributed by atoms with Gasteiger partial charge in [-0.3, -0.25) is 0 Å². The number of aromatic nitrogens is 2. The van der Waals surface area contributed by atoms with E-state index in [0.717, 1.165) is 43.2 Å². The monoisotopic (exact) mass is 269 g/mol. The van der Waals surface area contributed by atoms with Crippen LogP contribution in [0.4, 0.5) is 17.2 Å². The number of nitrogen functional groups attached to an aromatic ring is 1. The van der Waals surface area contributed by atoms with Crippen LogP contribution in [0, 0.1) is 6.92 Å². The lowest BCUT2D eigenvalue weighted by Crippen LogP contribution is -2.46. The van der Waals surface area contributed by atoms with Crippen molar-refractivity contribution in [2.75, 3.05) is 41.7 Å². The Morgan fingerprint density at radius 1 is 1.05 bits per heavy atom. The van der Waals surface area contributed by atoms with Crippen molar-refractivity contribution in [1.29, 1.82) is 0 Å². The molecule has 1 aromatic heterocycles. The third-order valence-corrected chi connectivity index (χ3v) is 3.62. The molecule has 0 aliphatic carbocycles. The molecule has 0 saturated carbocycles. The Kier molecular flexibility index (Phi) is 3.41. The Morgan fingerprint density at radius 3 is 2.50 bits per heavy atom. The molecular formula is C15H19N5. The van der Waals surface area contributed by atoms with Gasteiger partial charge >= 0.3 is 0 Å². The number of nitrogens with zero attached hydrogens (tertiary/aromatic N) is 4. The molecule has 0 unspecified atom stereocenters. The summed E-state index contributed by atoms with van der Waals surface area (Å²) in [4.78, 5) is 4.64. The summed E-state index contributed by atoms with van der Waals surface area (Å²) in [6, 6.07) is 10.1. The molecule has 2 N–H and O–H groups in total. The molecule has 5 nitrogen and oxygen atoms in total. The summed E-state index contributed by atoms with van der Waals surface area (Å²) in [6.45, 7) is 5.89. The smallest absolute Gasteiger partial charge is 0.151 e. The first-order valence-electron chi connectivity index (χ1n) is 6.87. The number of hydrogen-bond acceptors (Lipinski definition) is 5. The average Bonchev–Trinajstić information content (AvgIpc) is 2.47. The van der Waals surface area contributed by atoms with Crippen molar-refractivity contribution in [3.05, 3.63) is 42.1 Å². The van der Waals surface area contributed by atoms with E-state index in [0.29, 0.717) is 0 Å². The van der Waals surface area contributed by atoms with Gasteiger partial charge in [0.2, 0.25) is 0 Å². The molecule has 0 spiro atoms. The summed E-state index contributed by atoms with van der Waals surface area (Å²) in [5.74, 6) is 0.970. The van der Waals surface area contributed by atoms with Crippen LogP contribution in [0.5, 0.6) is 0 Å². The summed E-state index contributed by atoms with van der Waals surface area (Å²) < 4.78 is 0. The van der Waals surface area contributed by atoms with E-state index >= 15 is 0 Å². The number of nitrogens with two attached hydrogens (primary N) is 1. The van der Waals surface area contributed by atoms with E-state index in [-0.39, 0.29) is 0 Å². The predicted molar refractivity (Wildman–Crippen MR) is 82.0 cm³/mol. The largest absolute Gasteiger partial charge is 0.399 e. The molecule has 20 heavy (non-hydrogen) atoms. The van der Waals surface area contributed by atoms with Crippen molar-refractivity contribution in [3.63, 3.8) is 0 Å². The van der Waals surface area contributed by atoms with Crippen molar-refractivity contribution in [2.24, 2.45) is 0 Å². The molecule has 3 rings (SSSR count). The van der Waals surface area contributed by atoms with Crippen LogP contribution in [-0.2, 0) is 0 Å². The first-order valence-corrected chi connectivity index (χ1v) is 6.87. The topological polar surface area (TPSA) is 58.3 Å². The molecule has 0 bridgehead atoms. The molecule has 5 heteroatoms. The lowest BCUT2D eigenvalue weighted by atomic mass is 10.2. The van der Waals surface area contributed by atoms with E-state index in [1.165, 1.54) is 5.69 Å². The summed E-state index contributed by atoms with van der Waals surface area (Å²) in [5, 5.41) is 8.24. The van der Waals surface area contributed by atoms with Crippen LogP contribution in [0.15, 0.2) is 36.5 Å². The Bertz CT molecular complexity index is 537. The molecule has 1 aliphatic heterocycles. The van der Waals surface area contributed by atoms with E-state index in [4.69, 9.17) is 5.73 Å². The molecule has 0 radical (unpaired) electrons. The van der Waals surface area contributed by atoms with Crippen LogP contribution in [0.25, 0.3) is 0 Å². The minimum Gasteiger partial charge on any atom is -0.399 e. The average molecular weight is 269 g/mol. The van der Waals surface area contributed by atoms with Crippen LogP contribution in [0.1, 0.15) is 5.56 Å². The highest BCUT2D eigenvalue weighted by Crippen LogP contribution is 2.21. The second-order valence-electron chi connectivity index (χ2n) is 5.16. The Morgan fingerprint density at radius 2 is 1.80 bits per heavy atom. The molecular weight excluding hydrogens is 250 g/mol. The third-order valence-electron chi connectivity index (χ3n) is 3.62. The van der Waals surface area contributed by atoms with Crippen molar-refractivity contribution in [3.8, 4) is 0 Å². The van der Waals surface area contributed by atoms with E-state index in [1.54, 1.807) is 6.20 Å². The minimum absolute atomic E-state index is 0.814. The second kappa shape index (κ2) is 5.36. The maximum Gasteiger partial charge on any atom is 0.151 e. The van der Waals surface area contributed by atoms with Gasteiger partial charge in [0, 0.05) is 37.6 Å². The zero-order chi connectivity index (χ0) is 13.9. The van der Waals surface area contributed by atoms with Gasteiger partial charge in [0.15, 0.2) is 5.82 Å². The molecule has 1 fully saturated rings. The Hall–Kier alpha value is -2.30. The summed E-state index contributed by atoms with van der Waals surface area (Å²) in [6.07, 6.45) is 1.78. The highest BCUT2D eigenvalue weighted by Gasteiger charge is 2.18. The van der Waals surface area contributed by atoms with Gasteiger partial charge < -0.3 is 15.5 Å². The second-order valence-corrected chi connectivity index (χ2v) is 5.16. The fraction of sp³-hybridized carbons (Fsp3) is 0.333. The van der Waals surface area contributed by atoms with E-state index < -0.39 is 0 Å². The molecule has 104 valence electrons. The first kappa shape index (κ1) is 12.7.